The molecule has 0 aromatic rings. The van der Waals surface area contributed by atoms with Crippen molar-refractivity contribution >= 4 is 0 Å². The summed E-state index contributed by atoms with van der Waals surface area (Å²) in [5.41, 5.74) is 6.68. The Balaban J connectivity index is 2.60. The second kappa shape index (κ2) is 6.11. The summed E-state index contributed by atoms with van der Waals surface area (Å²) in [5.74, 6) is 0. The van der Waals surface area contributed by atoms with Gasteiger partial charge in [0.25, 0.3) is 0 Å². The van der Waals surface area contributed by atoms with Crippen LogP contribution in [0, 0.1) is 5.41 Å². The van der Waals surface area contributed by atoms with Gasteiger partial charge in [-0.25, -0.2) is 0 Å². The number of nitrogens with two attached hydrogens (primary N) is 1. The third kappa shape index (κ3) is 4.44. The summed E-state index contributed by atoms with van der Waals surface area (Å²) in [6, 6.07) is 0.100. The van der Waals surface area contributed by atoms with Crippen molar-refractivity contribution in [2.45, 2.75) is 83.5 Å². The first-order valence-electron chi connectivity index (χ1n) is 7.52. The fraction of sp³-hybridized carbons (Fsp3) is 1.00. The van der Waals surface area contributed by atoms with Gasteiger partial charge in [-0.1, -0.05) is 13.8 Å². The van der Waals surface area contributed by atoms with E-state index in [1.54, 1.807) is 7.11 Å². The second-order valence-corrected chi connectivity index (χ2v) is 7.54. The first-order valence-corrected chi connectivity index (χ1v) is 7.52. The molecule has 0 spiro atoms. The highest BCUT2D eigenvalue weighted by Gasteiger charge is 2.42. The first-order chi connectivity index (χ1) is 8.66. The number of ether oxygens (including phenoxy) is 2. The lowest BCUT2D eigenvalue weighted by atomic mass is 9.68. The molecule has 0 radical (unpaired) electrons. The van der Waals surface area contributed by atoms with Gasteiger partial charge in [-0.05, 0) is 57.8 Å². The molecule has 19 heavy (non-hydrogen) atoms. The van der Waals surface area contributed by atoms with Crippen LogP contribution < -0.4 is 5.73 Å². The van der Waals surface area contributed by atoms with Crippen molar-refractivity contribution in [2.75, 3.05) is 14.2 Å². The molecule has 0 aromatic carbocycles. The number of rotatable bonds is 6. The van der Waals surface area contributed by atoms with Crippen molar-refractivity contribution in [2.24, 2.45) is 11.1 Å². The lowest BCUT2D eigenvalue weighted by molar-refractivity contribution is -0.0844. The van der Waals surface area contributed by atoms with E-state index in [1.165, 1.54) is 12.8 Å². The molecule has 0 amide bonds. The summed E-state index contributed by atoms with van der Waals surface area (Å²) in [5, 5.41) is 0. The molecular formula is C16H33NO2. The SMILES string of the molecule is COC(C)(C)CCC(N)C1(OC)CCC(C)(C)CC1. The predicted molar refractivity (Wildman–Crippen MR) is 80.3 cm³/mol. The molecule has 3 nitrogen and oxygen atoms in total. The van der Waals surface area contributed by atoms with E-state index in [1.807, 2.05) is 7.11 Å². The minimum Gasteiger partial charge on any atom is -0.379 e. The van der Waals surface area contributed by atoms with E-state index in [0.717, 1.165) is 25.7 Å². The zero-order valence-electron chi connectivity index (χ0n) is 13.7. The van der Waals surface area contributed by atoms with Crippen molar-refractivity contribution in [1.82, 2.24) is 0 Å². The second-order valence-electron chi connectivity index (χ2n) is 7.54. The lowest BCUT2D eigenvalue weighted by Gasteiger charge is -2.46. The molecule has 1 atom stereocenters. The molecule has 1 rings (SSSR count). The third-order valence-electron chi connectivity index (χ3n) is 5.14. The summed E-state index contributed by atoms with van der Waals surface area (Å²) < 4.78 is 11.3. The minimum absolute atomic E-state index is 0.0967. The molecule has 1 aliphatic carbocycles. The van der Waals surface area contributed by atoms with Gasteiger partial charge in [0.15, 0.2) is 0 Å². The highest BCUT2D eigenvalue weighted by Crippen LogP contribution is 2.43. The van der Waals surface area contributed by atoms with Gasteiger partial charge in [-0.15, -0.1) is 0 Å². The molecule has 0 heterocycles. The maximum atomic E-state index is 6.46. The van der Waals surface area contributed by atoms with Crippen molar-refractivity contribution in [1.29, 1.82) is 0 Å². The Bertz CT molecular complexity index is 276. The van der Waals surface area contributed by atoms with E-state index in [0.29, 0.717) is 5.41 Å². The number of hydrogen-bond donors (Lipinski definition) is 1. The molecule has 114 valence electrons. The molecule has 0 saturated heterocycles. The molecule has 1 aliphatic rings. The predicted octanol–water partition coefficient (Wildman–Crippen LogP) is 3.50. The van der Waals surface area contributed by atoms with Gasteiger partial charge >= 0.3 is 0 Å². The van der Waals surface area contributed by atoms with Crippen LogP contribution in [0.4, 0.5) is 0 Å². The molecule has 1 unspecified atom stereocenters. The smallest absolute Gasteiger partial charge is 0.0829 e. The highest BCUT2D eigenvalue weighted by molar-refractivity contribution is 4.97. The van der Waals surface area contributed by atoms with E-state index >= 15 is 0 Å². The summed E-state index contributed by atoms with van der Waals surface area (Å²) in [6.45, 7) is 8.91. The summed E-state index contributed by atoms with van der Waals surface area (Å²) in [4.78, 5) is 0. The van der Waals surface area contributed by atoms with Gasteiger partial charge in [0.05, 0.1) is 11.2 Å². The van der Waals surface area contributed by atoms with Crippen LogP contribution in [0.5, 0.6) is 0 Å². The molecule has 1 saturated carbocycles. The molecular weight excluding hydrogens is 238 g/mol. The minimum atomic E-state index is -0.126. The average Bonchev–Trinajstić information content (AvgIpc) is 2.37. The van der Waals surface area contributed by atoms with Crippen LogP contribution in [0.25, 0.3) is 0 Å². The van der Waals surface area contributed by atoms with Crippen LogP contribution in [-0.2, 0) is 9.47 Å². The number of hydrogen-bond acceptors (Lipinski definition) is 3. The zero-order valence-corrected chi connectivity index (χ0v) is 13.7. The van der Waals surface area contributed by atoms with Crippen molar-refractivity contribution in [3.05, 3.63) is 0 Å². The van der Waals surface area contributed by atoms with Crippen molar-refractivity contribution in [3.63, 3.8) is 0 Å². The highest BCUT2D eigenvalue weighted by atomic mass is 16.5. The molecule has 0 aromatic heterocycles. The van der Waals surface area contributed by atoms with Crippen LogP contribution in [0.15, 0.2) is 0 Å². The Morgan fingerprint density at radius 2 is 1.63 bits per heavy atom. The van der Waals surface area contributed by atoms with E-state index in [-0.39, 0.29) is 17.2 Å². The van der Waals surface area contributed by atoms with Gasteiger partial charge in [0, 0.05) is 20.3 Å². The van der Waals surface area contributed by atoms with Gasteiger partial charge in [0.2, 0.25) is 0 Å². The maximum Gasteiger partial charge on any atom is 0.0829 e. The van der Waals surface area contributed by atoms with E-state index in [4.69, 9.17) is 15.2 Å². The summed E-state index contributed by atoms with van der Waals surface area (Å²) >= 11 is 0. The van der Waals surface area contributed by atoms with Gasteiger partial charge < -0.3 is 15.2 Å². The standard InChI is InChI=1S/C16H33NO2/c1-14(2)9-11-16(19-6,12-10-14)13(17)7-8-15(3,4)18-5/h13H,7-12,17H2,1-6H3. The monoisotopic (exact) mass is 271 g/mol. The molecule has 2 N–H and O–H groups in total. The van der Waals surface area contributed by atoms with Crippen LogP contribution in [0.3, 0.4) is 0 Å². The molecule has 1 fully saturated rings. The lowest BCUT2D eigenvalue weighted by Crippen LogP contribution is -2.53. The fourth-order valence-electron chi connectivity index (χ4n) is 2.94. The quantitative estimate of drug-likeness (QED) is 0.804. The van der Waals surface area contributed by atoms with Crippen LogP contribution in [0.2, 0.25) is 0 Å². The van der Waals surface area contributed by atoms with Crippen LogP contribution >= 0.6 is 0 Å². The molecule has 0 bridgehead atoms. The zero-order chi connectivity index (χ0) is 14.7. The fourth-order valence-corrected chi connectivity index (χ4v) is 2.94. The first kappa shape index (κ1) is 16.9. The Morgan fingerprint density at radius 1 is 1.11 bits per heavy atom. The third-order valence-corrected chi connectivity index (χ3v) is 5.14. The van der Waals surface area contributed by atoms with Crippen LogP contribution in [0.1, 0.15) is 66.2 Å². The van der Waals surface area contributed by atoms with Gasteiger partial charge in [-0.3, -0.25) is 0 Å². The number of methoxy groups -OCH3 is 2. The summed E-state index contributed by atoms with van der Waals surface area (Å²) in [7, 11) is 3.58. The van der Waals surface area contributed by atoms with E-state index in [9.17, 15) is 0 Å². The van der Waals surface area contributed by atoms with Crippen molar-refractivity contribution < 1.29 is 9.47 Å². The van der Waals surface area contributed by atoms with Gasteiger partial charge in [-0.2, -0.15) is 0 Å². The Morgan fingerprint density at radius 3 is 2.05 bits per heavy atom. The van der Waals surface area contributed by atoms with Crippen molar-refractivity contribution in [3.8, 4) is 0 Å². The average molecular weight is 271 g/mol. The van der Waals surface area contributed by atoms with Crippen LogP contribution in [-0.4, -0.2) is 31.5 Å². The topological polar surface area (TPSA) is 44.5 Å². The normalized spacial score (nSPS) is 24.2. The van der Waals surface area contributed by atoms with Gasteiger partial charge in [0.1, 0.15) is 0 Å². The molecule has 0 aliphatic heterocycles. The Kier molecular flexibility index (Phi) is 5.44. The largest absolute Gasteiger partial charge is 0.379 e. The maximum absolute atomic E-state index is 6.46. The van der Waals surface area contributed by atoms with E-state index < -0.39 is 0 Å². The molecule has 3 heteroatoms. The Hall–Kier alpha value is -0.120. The summed E-state index contributed by atoms with van der Waals surface area (Å²) in [6.07, 6.45) is 6.47. The Labute approximate surface area is 119 Å². The van der Waals surface area contributed by atoms with E-state index in [2.05, 4.69) is 27.7 Å².